The molecule has 0 radical (unpaired) electrons. The molecule has 0 aromatic carbocycles. The Bertz CT molecular complexity index is 457. The van der Waals surface area contributed by atoms with Crippen LogP contribution in [0.5, 0.6) is 0 Å². The normalized spacial score (nSPS) is 10.5. The maximum Gasteiger partial charge on any atom is 0.191 e. The van der Waals surface area contributed by atoms with Crippen molar-refractivity contribution in [2.75, 3.05) is 0 Å². The van der Waals surface area contributed by atoms with Crippen molar-refractivity contribution in [1.82, 2.24) is 19.7 Å². The van der Waals surface area contributed by atoms with E-state index in [0.717, 1.165) is 20.9 Å². The molecular weight excluding hydrogens is 276 g/mol. The summed E-state index contributed by atoms with van der Waals surface area (Å²) >= 11 is 5.03. The third kappa shape index (κ3) is 2.79. The molecule has 0 aliphatic rings. The quantitative estimate of drug-likeness (QED) is 0.811. The number of hydrogen-bond acceptors (Lipinski definition) is 4. The number of thioether (sulfide) groups is 1. The molecule has 0 aliphatic carbocycles. The largest absolute Gasteiger partial charge is 0.312 e. The van der Waals surface area contributed by atoms with Crippen LogP contribution in [0.25, 0.3) is 0 Å². The summed E-state index contributed by atoms with van der Waals surface area (Å²) in [7, 11) is 1.93. The van der Waals surface area contributed by atoms with Crippen molar-refractivity contribution in [3.8, 4) is 0 Å². The standard InChI is InChI=1S/C9H9BrN4S/c1-14-6-12-13-9(14)15-5-7-2-8(10)4-11-3-7/h2-4,6H,5H2,1H3. The zero-order valence-electron chi connectivity index (χ0n) is 8.09. The van der Waals surface area contributed by atoms with Gasteiger partial charge in [0.15, 0.2) is 5.16 Å². The first-order valence-corrected chi connectivity index (χ1v) is 6.10. The van der Waals surface area contributed by atoms with Crippen LogP contribution in [0.4, 0.5) is 0 Å². The highest BCUT2D eigenvalue weighted by atomic mass is 79.9. The lowest BCUT2D eigenvalue weighted by molar-refractivity contribution is 0.788. The molecule has 4 nitrogen and oxygen atoms in total. The summed E-state index contributed by atoms with van der Waals surface area (Å²) in [5, 5.41) is 8.73. The summed E-state index contributed by atoms with van der Waals surface area (Å²) in [6.45, 7) is 0. The van der Waals surface area contributed by atoms with Crippen LogP contribution in [-0.2, 0) is 12.8 Å². The summed E-state index contributed by atoms with van der Waals surface area (Å²) in [6.07, 6.45) is 5.33. The molecule has 0 bridgehead atoms. The Labute approximate surface area is 100 Å². The van der Waals surface area contributed by atoms with Gasteiger partial charge in [0, 0.05) is 29.7 Å². The summed E-state index contributed by atoms with van der Waals surface area (Å²) in [6, 6.07) is 2.05. The maximum absolute atomic E-state index is 4.10. The fourth-order valence-corrected chi connectivity index (χ4v) is 2.31. The van der Waals surface area contributed by atoms with Crippen molar-refractivity contribution in [3.63, 3.8) is 0 Å². The predicted molar refractivity (Wildman–Crippen MR) is 62.5 cm³/mol. The molecule has 78 valence electrons. The van der Waals surface area contributed by atoms with Crippen molar-refractivity contribution in [3.05, 3.63) is 34.8 Å². The monoisotopic (exact) mass is 284 g/mol. The van der Waals surface area contributed by atoms with Gasteiger partial charge in [0.2, 0.25) is 0 Å². The molecule has 15 heavy (non-hydrogen) atoms. The van der Waals surface area contributed by atoms with E-state index in [2.05, 4.69) is 37.2 Å². The second-order valence-corrected chi connectivity index (χ2v) is 4.88. The van der Waals surface area contributed by atoms with E-state index in [1.54, 1.807) is 24.3 Å². The minimum atomic E-state index is 0.846. The Morgan fingerprint density at radius 3 is 3.00 bits per heavy atom. The molecule has 0 N–H and O–H groups in total. The van der Waals surface area contributed by atoms with Gasteiger partial charge >= 0.3 is 0 Å². The Kier molecular flexibility index (Phi) is 3.37. The second-order valence-electron chi connectivity index (χ2n) is 3.02. The average molecular weight is 285 g/mol. The van der Waals surface area contributed by atoms with Crippen LogP contribution in [-0.4, -0.2) is 19.7 Å². The third-order valence-corrected chi connectivity index (χ3v) is 3.34. The highest BCUT2D eigenvalue weighted by Crippen LogP contribution is 2.20. The van der Waals surface area contributed by atoms with E-state index in [1.165, 1.54) is 0 Å². The van der Waals surface area contributed by atoms with Gasteiger partial charge in [-0.05, 0) is 27.6 Å². The first-order valence-electron chi connectivity index (χ1n) is 4.32. The van der Waals surface area contributed by atoms with Crippen molar-refractivity contribution < 1.29 is 0 Å². The first kappa shape index (κ1) is 10.6. The van der Waals surface area contributed by atoms with Crippen LogP contribution in [0.1, 0.15) is 5.56 Å². The lowest BCUT2D eigenvalue weighted by atomic mass is 10.3. The highest BCUT2D eigenvalue weighted by Gasteiger charge is 2.02. The van der Waals surface area contributed by atoms with Crippen molar-refractivity contribution in [2.45, 2.75) is 10.9 Å². The number of aromatic nitrogens is 4. The molecule has 6 heteroatoms. The zero-order valence-corrected chi connectivity index (χ0v) is 10.5. The van der Waals surface area contributed by atoms with Gasteiger partial charge in [0.1, 0.15) is 6.33 Å². The van der Waals surface area contributed by atoms with E-state index in [9.17, 15) is 0 Å². The van der Waals surface area contributed by atoms with Crippen LogP contribution in [0.2, 0.25) is 0 Å². The molecule has 0 saturated carbocycles. The second kappa shape index (κ2) is 4.76. The van der Waals surface area contributed by atoms with Gasteiger partial charge in [-0.1, -0.05) is 11.8 Å². The number of hydrogen-bond donors (Lipinski definition) is 0. The SMILES string of the molecule is Cn1cnnc1SCc1cncc(Br)c1. The van der Waals surface area contributed by atoms with E-state index in [0.29, 0.717) is 0 Å². The predicted octanol–water partition coefficient (Wildman–Crippen LogP) is 2.26. The smallest absolute Gasteiger partial charge is 0.191 e. The lowest BCUT2D eigenvalue weighted by Crippen LogP contribution is -1.90. The molecule has 2 aromatic rings. The number of rotatable bonds is 3. The van der Waals surface area contributed by atoms with Gasteiger partial charge in [-0.2, -0.15) is 0 Å². The summed E-state index contributed by atoms with van der Waals surface area (Å²) in [5.74, 6) is 0.846. The van der Waals surface area contributed by atoms with Crippen LogP contribution in [0, 0.1) is 0 Å². The Morgan fingerprint density at radius 1 is 1.47 bits per heavy atom. The molecule has 0 aliphatic heterocycles. The number of nitrogens with zero attached hydrogens (tertiary/aromatic N) is 4. The van der Waals surface area contributed by atoms with E-state index >= 15 is 0 Å². The first-order chi connectivity index (χ1) is 7.25. The van der Waals surface area contributed by atoms with E-state index in [1.807, 2.05) is 17.8 Å². The molecule has 0 fully saturated rings. The van der Waals surface area contributed by atoms with E-state index in [-0.39, 0.29) is 0 Å². The van der Waals surface area contributed by atoms with Gasteiger partial charge in [-0.25, -0.2) is 0 Å². The minimum absolute atomic E-state index is 0.846. The molecule has 0 saturated heterocycles. The Hall–Kier alpha value is -0.880. The maximum atomic E-state index is 4.10. The van der Waals surface area contributed by atoms with Gasteiger partial charge in [-0.3, -0.25) is 4.98 Å². The summed E-state index contributed by atoms with van der Waals surface area (Å²) < 4.78 is 2.90. The van der Waals surface area contributed by atoms with Gasteiger partial charge in [-0.15, -0.1) is 10.2 Å². The molecule has 0 spiro atoms. The highest BCUT2D eigenvalue weighted by molar-refractivity contribution is 9.10. The Balaban J connectivity index is 2.02. The van der Waals surface area contributed by atoms with Crippen molar-refractivity contribution in [2.24, 2.45) is 7.05 Å². The number of halogens is 1. The van der Waals surface area contributed by atoms with Gasteiger partial charge in [0.05, 0.1) is 0 Å². The van der Waals surface area contributed by atoms with E-state index in [4.69, 9.17) is 0 Å². The van der Waals surface area contributed by atoms with Gasteiger partial charge in [0.25, 0.3) is 0 Å². The fraction of sp³-hybridized carbons (Fsp3) is 0.222. The van der Waals surface area contributed by atoms with Gasteiger partial charge < -0.3 is 4.57 Å². The van der Waals surface area contributed by atoms with Crippen LogP contribution in [0.15, 0.2) is 34.4 Å². The molecule has 0 atom stereocenters. The molecule has 2 rings (SSSR count). The average Bonchev–Trinajstić information content (AvgIpc) is 2.61. The Morgan fingerprint density at radius 2 is 2.33 bits per heavy atom. The van der Waals surface area contributed by atoms with Crippen LogP contribution < -0.4 is 0 Å². The molecule has 0 unspecified atom stereocenters. The third-order valence-electron chi connectivity index (χ3n) is 1.80. The number of pyridine rings is 1. The minimum Gasteiger partial charge on any atom is -0.312 e. The van der Waals surface area contributed by atoms with Crippen molar-refractivity contribution in [1.29, 1.82) is 0 Å². The van der Waals surface area contributed by atoms with Crippen LogP contribution >= 0.6 is 27.7 Å². The number of aryl methyl sites for hydroxylation is 1. The molecule has 2 heterocycles. The zero-order chi connectivity index (χ0) is 10.7. The molecule has 0 amide bonds. The molecule has 2 aromatic heterocycles. The molecular formula is C9H9BrN4S. The van der Waals surface area contributed by atoms with Crippen molar-refractivity contribution >= 4 is 27.7 Å². The van der Waals surface area contributed by atoms with E-state index < -0.39 is 0 Å². The summed E-state index contributed by atoms with van der Waals surface area (Å²) in [4.78, 5) is 4.10. The van der Waals surface area contributed by atoms with Crippen LogP contribution in [0.3, 0.4) is 0 Å². The summed E-state index contributed by atoms with van der Waals surface area (Å²) in [5.41, 5.74) is 1.16. The lowest BCUT2D eigenvalue weighted by Gasteiger charge is -2.00. The topological polar surface area (TPSA) is 43.6 Å². The fourth-order valence-electron chi connectivity index (χ4n) is 1.09.